The zero-order chi connectivity index (χ0) is 5.11. The molecular formula is C3H8N4. The van der Waals surface area contributed by atoms with Crippen LogP contribution < -0.4 is 16.7 Å². The Morgan fingerprint density at radius 3 is 3.00 bits per heavy atom. The third-order valence-electron chi connectivity index (χ3n) is 0.800. The fraction of sp³-hybridized carbons (Fsp3) is 0.333. The predicted octanol–water partition coefficient (Wildman–Crippen LogP) is -1.30. The average molecular weight is 100 g/mol. The van der Waals surface area contributed by atoms with Crippen LogP contribution in [0.25, 0.3) is 0 Å². The van der Waals surface area contributed by atoms with Gasteiger partial charge in [-0.1, -0.05) is 0 Å². The highest BCUT2D eigenvalue weighted by Gasteiger charge is 1.95. The van der Waals surface area contributed by atoms with Gasteiger partial charge in [0.2, 0.25) is 0 Å². The van der Waals surface area contributed by atoms with Crippen molar-refractivity contribution in [3.8, 4) is 0 Å². The molecule has 0 aliphatic carbocycles. The van der Waals surface area contributed by atoms with Crippen molar-refractivity contribution < 1.29 is 0 Å². The highest BCUT2D eigenvalue weighted by Crippen LogP contribution is 1.84. The number of hydrazine groups is 2. The molecular weight excluding hydrogens is 92.1 g/mol. The molecule has 0 aromatic heterocycles. The standard InChI is InChI=1S/C3H8N4/c4-6-7-2-1-5-3-7/h1-2,5-6H,3-4H2. The van der Waals surface area contributed by atoms with E-state index in [1.54, 1.807) is 5.01 Å². The lowest BCUT2D eigenvalue weighted by molar-refractivity contribution is 0.288. The summed E-state index contributed by atoms with van der Waals surface area (Å²) in [6.45, 7) is 0.747. The molecule has 0 unspecified atom stereocenters. The van der Waals surface area contributed by atoms with Crippen LogP contribution in [0.1, 0.15) is 0 Å². The molecule has 40 valence electrons. The second-order valence-corrected chi connectivity index (χ2v) is 1.28. The van der Waals surface area contributed by atoms with Crippen molar-refractivity contribution in [2.45, 2.75) is 0 Å². The first-order valence-electron chi connectivity index (χ1n) is 2.06. The molecule has 0 bridgehead atoms. The monoisotopic (exact) mass is 100 g/mol. The minimum absolute atomic E-state index is 0.747. The molecule has 0 amide bonds. The third kappa shape index (κ3) is 0.819. The van der Waals surface area contributed by atoms with Crippen LogP contribution in [0.4, 0.5) is 0 Å². The van der Waals surface area contributed by atoms with E-state index in [0.717, 1.165) is 6.67 Å². The molecule has 0 spiro atoms. The zero-order valence-electron chi connectivity index (χ0n) is 3.89. The largest absolute Gasteiger partial charge is 0.371 e. The molecule has 1 aliphatic heterocycles. The fourth-order valence-corrected chi connectivity index (χ4v) is 0.435. The highest BCUT2D eigenvalue weighted by molar-refractivity contribution is 4.83. The number of hydrogen-bond donors (Lipinski definition) is 3. The Labute approximate surface area is 41.9 Å². The van der Waals surface area contributed by atoms with E-state index in [9.17, 15) is 0 Å². The lowest BCUT2D eigenvalue weighted by Crippen LogP contribution is -2.39. The quantitative estimate of drug-likeness (QED) is 0.283. The van der Waals surface area contributed by atoms with Crippen LogP contribution in [0.15, 0.2) is 12.4 Å². The Morgan fingerprint density at radius 2 is 2.71 bits per heavy atom. The molecule has 0 radical (unpaired) electrons. The molecule has 4 N–H and O–H groups in total. The summed E-state index contributed by atoms with van der Waals surface area (Å²) in [5, 5.41) is 4.65. The van der Waals surface area contributed by atoms with Gasteiger partial charge in [-0.15, -0.1) is 0 Å². The first-order valence-corrected chi connectivity index (χ1v) is 2.06. The van der Waals surface area contributed by atoms with E-state index in [2.05, 4.69) is 10.9 Å². The number of rotatable bonds is 1. The molecule has 0 saturated heterocycles. The lowest BCUT2D eigenvalue weighted by Gasteiger charge is -2.09. The second-order valence-electron chi connectivity index (χ2n) is 1.28. The van der Waals surface area contributed by atoms with Crippen LogP contribution in [0.3, 0.4) is 0 Å². The van der Waals surface area contributed by atoms with E-state index >= 15 is 0 Å². The SMILES string of the molecule is NNN1C=CNC1. The molecule has 1 rings (SSSR count). The van der Waals surface area contributed by atoms with Gasteiger partial charge < -0.3 is 5.32 Å². The Hall–Kier alpha value is -0.740. The normalized spacial score (nSPS) is 17.6. The van der Waals surface area contributed by atoms with Gasteiger partial charge in [0.15, 0.2) is 0 Å². The highest BCUT2D eigenvalue weighted by atomic mass is 15.6. The molecule has 4 heteroatoms. The maximum atomic E-state index is 5.02. The Bertz CT molecular complexity index is 79.0. The predicted molar refractivity (Wildman–Crippen MR) is 26.3 cm³/mol. The van der Waals surface area contributed by atoms with Crippen molar-refractivity contribution in [1.82, 2.24) is 15.9 Å². The van der Waals surface area contributed by atoms with Gasteiger partial charge in [-0.2, -0.15) is 5.53 Å². The molecule has 1 heterocycles. The minimum Gasteiger partial charge on any atom is -0.371 e. The number of hydrogen-bond acceptors (Lipinski definition) is 4. The summed E-state index contributed by atoms with van der Waals surface area (Å²) in [5.41, 5.74) is 2.45. The van der Waals surface area contributed by atoms with E-state index in [-0.39, 0.29) is 0 Å². The van der Waals surface area contributed by atoms with E-state index < -0.39 is 0 Å². The maximum absolute atomic E-state index is 5.02. The van der Waals surface area contributed by atoms with E-state index in [1.807, 2.05) is 12.4 Å². The summed E-state index contributed by atoms with van der Waals surface area (Å²) in [5.74, 6) is 5.02. The van der Waals surface area contributed by atoms with Crippen LogP contribution >= 0.6 is 0 Å². The maximum Gasteiger partial charge on any atom is 0.103 e. The average Bonchev–Trinajstić information content (AvgIpc) is 2.14. The molecule has 0 saturated carbocycles. The Balaban J connectivity index is 2.28. The van der Waals surface area contributed by atoms with Crippen molar-refractivity contribution in [1.29, 1.82) is 0 Å². The van der Waals surface area contributed by atoms with Crippen molar-refractivity contribution in [3.05, 3.63) is 12.4 Å². The second kappa shape index (κ2) is 1.81. The molecule has 7 heavy (non-hydrogen) atoms. The first kappa shape index (κ1) is 4.42. The smallest absolute Gasteiger partial charge is 0.103 e. The van der Waals surface area contributed by atoms with Gasteiger partial charge in [-0.05, 0) is 0 Å². The van der Waals surface area contributed by atoms with Gasteiger partial charge >= 0.3 is 0 Å². The molecule has 0 aromatic carbocycles. The Kier molecular flexibility index (Phi) is 1.14. The van der Waals surface area contributed by atoms with Gasteiger partial charge in [-0.25, -0.2) is 0 Å². The fourth-order valence-electron chi connectivity index (χ4n) is 0.435. The van der Waals surface area contributed by atoms with E-state index in [0.29, 0.717) is 0 Å². The van der Waals surface area contributed by atoms with Crippen molar-refractivity contribution in [2.24, 2.45) is 5.84 Å². The summed E-state index contributed by atoms with van der Waals surface area (Å²) < 4.78 is 0. The first-order chi connectivity index (χ1) is 3.43. The summed E-state index contributed by atoms with van der Waals surface area (Å²) in [6, 6.07) is 0. The van der Waals surface area contributed by atoms with Crippen LogP contribution in [-0.2, 0) is 0 Å². The molecule has 4 nitrogen and oxygen atoms in total. The zero-order valence-corrected chi connectivity index (χ0v) is 3.89. The summed E-state index contributed by atoms with van der Waals surface area (Å²) in [6.07, 6.45) is 3.64. The van der Waals surface area contributed by atoms with Crippen LogP contribution in [0.2, 0.25) is 0 Å². The molecule has 0 fully saturated rings. The lowest BCUT2D eigenvalue weighted by atomic mass is 10.9. The van der Waals surface area contributed by atoms with Crippen LogP contribution in [0.5, 0.6) is 0 Å². The van der Waals surface area contributed by atoms with Gasteiger partial charge in [-0.3, -0.25) is 10.9 Å². The number of nitrogens with one attached hydrogen (secondary N) is 2. The molecule has 0 atom stereocenters. The topological polar surface area (TPSA) is 53.3 Å². The third-order valence-corrected chi connectivity index (χ3v) is 0.800. The van der Waals surface area contributed by atoms with Crippen molar-refractivity contribution in [3.63, 3.8) is 0 Å². The molecule has 0 aromatic rings. The summed E-state index contributed by atoms with van der Waals surface area (Å²) >= 11 is 0. The number of nitrogens with zero attached hydrogens (tertiary/aromatic N) is 1. The van der Waals surface area contributed by atoms with Crippen LogP contribution in [-0.4, -0.2) is 11.7 Å². The van der Waals surface area contributed by atoms with Gasteiger partial charge in [0, 0.05) is 12.4 Å². The summed E-state index contributed by atoms with van der Waals surface area (Å²) in [4.78, 5) is 0. The van der Waals surface area contributed by atoms with Crippen LogP contribution in [0, 0.1) is 0 Å². The van der Waals surface area contributed by atoms with Gasteiger partial charge in [0.05, 0.1) is 0 Å². The van der Waals surface area contributed by atoms with Gasteiger partial charge in [0.25, 0.3) is 0 Å². The van der Waals surface area contributed by atoms with E-state index in [4.69, 9.17) is 5.84 Å². The number of nitrogens with two attached hydrogens (primary N) is 1. The minimum atomic E-state index is 0.747. The Morgan fingerprint density at radius 1 is 1.86 bits per heavy atom. The van der Waals surface area contributed by atoms with Gasteiger partial charge in [0.1, 0.15) is 6.67 Å². The summed E-state index contributed by atoms with van der Waals surface area (Å²) in [7, 11) is 0. The van der Waals surface area contributed by atoms with E-state index in [1.165, 1.54) is 0 Å². The molecule has 1 aliphatic rings. The van der Waals surface area contributed by atoms with Crippen molar-refractivity contribution >= 4 is 0 Å². The van der Waals surface area contributed by atoms with Crippen molar-refractivity contribution in [2.75, 3.05) is 6.67 Å².